The van der Waals surface area contributed by atoms with Gasteiger partial charge in [0.15, 0.2) is 0 Å². The minimum absolute atomic E-state index is 0.0962. The summed E-state index contributed by atoms with van der Waals surface area (Å²) in [7, 11) is 0. The van der Waals surface area contributed by atoms with Crippen molar-refractivity contribution in [3.63, 3.8) is 0 Å². The molecule has 0 unspecified atom stereocenters. The van der Waals surface area contributed by atoms with Gasteiger partial charge < -0.3 is 20.4 Å². The molecule has 0 radical (unpaired) electrons. The van der Waals surface area contributed by atoms with Gasteiger partial charge in [0.05, 0.1) is 12.3 Å². The summed E-state index contributed by atoms with van der Waals surface area (Å²) >= 11 is 4.96. The maximum Gasteiger partial charge on any atom is 0.240 e. The average Bonchev–Trinajstić information content (AvgIpc) is 3.17. The van der Waals surface area contributed by atoms with E-state index in [0.717, 1.165) is 27.6 Å². The van der Waals surface area contributed by atoms with Crippen molar-refractivity contribution in [2.75, 3.05) is 0 Å². The highest BCUT2D eigenvalue weighted by molar-refractivity contribution is 7.80. The number of alkyl halides is 2. The van der Waals surface area contributed by atoms with Crippen LogP contribution in [0.4, 0.5) is 8.78 Å². The minimum atomic E-state index is -2.36. The quantitative estimate of drug-likeness (QED) is 0.598. The van der Waals surface area contributed by atoms with Gasteiger partial charge in [-0.15, -0.1) is 0 Å². The lowest BCUT2D eigenvalue weighted by Gasteiger charge is -2.05. The molecule has 24 heavy (non-hydrogen) atoms. The fourth-order valence-electron chi connectivity index (χ4n) is 2.78. The van der Waals surface area contributed by atoms with E-state index in [1.165, 1.54) is 0 Å². The van der Waals surface area contributed by atoms with E-state index in [0.29, 0.717) is 5.69 Å². The number of halogens is 2. The van der Waals surface area contributed by atoms with Crippen LogP contribution in [0.15, 0.2) is 36.7 Å². The van der Waals surface area contributed by atoms with Crippen molar-refractivity contribution >= 4 is 28.1 Å². The monoisotopic (exact) mass is 349 g/mol. The van der Waals surface area contributed by atoms with E-state index in [1.807, 2.05) is 30.5 Å². The van der Waals surface area contributed by atoms with Gasteiger partial charge in [0, 0.05) is 47.4 Å². The lowest BCUT2D eigenvalue weighted by Crippen LogP contribution is -2.09. The smallest absolute Gasteiger partial charge is 0.240 e. The van der Waals surface area contributed by atoms with Crippen LogP contribution < -0.4 is 5.73 Å². The molecule has 7 heteroatoms. The second kappa shape index (κ2) is 6.70. The number of benzene rings is 1. The van der Waals surface area contributed by atoms with Gasteiger partial charge in [0.1, 0.15) is 4.99 Å². The lowest BCUT2D eigenvalue weighted by molar-refractivity contribution is 0.132. The Morgan fingerprint density at radius 2 is 2.12 bits per heavy atom. The van der Waals surface area contributed by atoms with Crippen molar-refractivity contribution in [3.8, 4) is 11.1 Å². The number of aromatic amines is 1. The Hall–Kier alpha value is -2.25. The van der Waals surface area contributed by atoms with Crippen LogP contribution in [0.25, 0.3) is 22.0 Å². The Labute approximate surface area is 142 Å². The number of nitrogens with zero attached hydrogens (tertiary/aromatic N) is 1. The molecule has 3 rings (SSSR count). The Kier molecular flexibility index (Phi) is 4.64. The van der Waals surface area contributed by atoms with Gasteiger partial charge in [0.2, 0.25) is 6.43 Å². The molecule has 3 aromatic rings. The second-order valence-corrected chi connectivity index (χ2v) is 6.03. The molecule has 0 bridgehead atoms. The minimum Gasteiger partial charge on any atom is -0.392 e. The number of fused-ring (bicyclic) bond motifs is 1. The summed E-state index contributed by atoms with van der Waals surface area (Å²) in [5.74, 6) is 0. The first kappa shape index (κ1) is 16.6. The third-order valence-electron chi connectivity index (χ3n) is 3.98. The number of rotatable bonds is 6. The van der Waals surface area contributed by atoms with E-state index < -0.39 is 6.43 Å². The number of nitrogens with one attached hydrogen (secondary N) is 1. The predicted molar refractivity (Wildman–Crippen MR) is 94.2 cm³/mol. The molecule has 1 aromatic carbocycles. The van der Waals surface area contributed by atoms with Crippen molar-refractivity contribution in [1.29, 1.82) is 0 Å². The molecular formula is C17H17F2N3OS. The SMILES string of the molecule is NC(=S)c1cc(-c2cn(CCC(F)F)c3cc(CO)ccc23)c[nH]1. The molecule has 2 aromatic heterocycles. The summed E-state index contributed by atoms with van der Waals surface area (Å²) in [6.07, 6.45) is 1.06. The molecule has 0 aliphatic carbocycles. The van der Waals surface area contributed by atoms with Crippen LogP contribution in [-0.4, -0.2) is 26.1 Å². The van der Waals surface area contributed by atoms with Crippen LogP contribution in [-0.2, 0) is 13.2 Å². The van der Waals surface area contributed by atoms with Gasteiger partial charge in [-0.1, -0.05) is 24.4 Å². The van der Waals surface area contributed by atoms with Crippen LogP contribution in [0.2, 0.25) is 0 Å². The van der Waals surface area contributed by atoms with Gasteiger partial charge >= 0.3 is 0 Å². The molecule has 0 fully saturated rings. The van der Waals surface area contributed by atoms with Crippen LogP contribution in [0.5, 0.6) is 0 Å². The van der Waals surface area contributed by atoms with Crippen LogP contribution >= 0.6 is 12.2 Å². The Bertz CT molecular complexity index is 885. The average molecular weight is 349 g/mol. The zero-order valence-corrected chi connectivity index (χ0v) is 13.6. The standard InChI is InChI=1S/C17H17F2N3OS/c18-16(19)3-4-22-8-13(11-6-14(17(20)24)21-7-11)12-2-1-10(9-23)5-15(12)22/h1-2,5-8,16,21,23H,3-4,9H2,(H2,20,24). The maximum atomic E-state index is 12.6. The van der Waals surface area contributed by atoms with Gasteiger partial charge in [-0.25, -0.2) is 8.78 Å². The Morgan fingerprint density at radius 1 is 1.33 bits per heavy atom. The molecule has 2 heterocycles. The number of H-pyrrole nitrogens is 1. The summed E-state index contributed by atoms with van der Waals surface area (Å²) in [5.41, 5.74) is 9.62. The molecule has 0 saturated heterocycles. The fraction of sp³-hybridized carbons (Fsp3) is 0.235. The second-order valence-electron chi connectivity index (χ2n) is 5.59. The van der Waals surface area contributed by atoms with Gasteiger partial charge in [-0.3, -0.25) is 0 Å². The number of hydrogen-bond acceptors (Lipinski definition) is 2. The molecule has 4 N–H and O–H groups in total. The van der Waals surface area contributed by atoms with Crippen molar-refractivity contribution in [3.05, 3.63) is 47.9 Å². The highest BCUT2D eigenvalue weighted by Crippen LogP contribution is 2.32. The van der Waals surface area contributed by atoms with E-state index >= 15 is 0 Å². The normalized spacial score (nSPS) is 11.5. The number of aromatic nitrogens is 2. The van der Waals surface area contributed by atoms with Crippen LogP contribution in [0.3, 0.4) is 0 Å². The van der Waals surface area contributed by atoms with E-state index in [4.69, 9.17) is 18.0 Å². The number of aryl methyl sites for hydroxylation is 1. The molecule has 4 nitrogen and oxygen atoms in total. The van der Waals surface area contributed by atoms with Crippen molar-refractivity contribution in [2.45, 2.75) is 26.0 Å². The summed E-state index contributed by atoms with van der Waals surface area (Å²) in [5, 5.41) is 10.3. The lowest BCUT2D eigenvalue weighted by atomic mass is 10.1. The molecule has 0 spiro atoms. The zero-order valence-electron chi connectivity index (χ0n) is 12.8. The summed E-state index contributed by atoms with van der Waals surface area (Å²) in [6.45, 7) is 0.108. The van der Waals surface area contributed by atoms with Gasteiger partial charge in [-0.05, 0) is 17.7 Å². The molecule has 0 aliphatic rings. The first-order valence-corrected chi connectivity index (χ1v) is 7.89. The largest absolute Gasteiger partial charge is 0.392 e. The van der Waals surface area contributed by atoms with E-state index in [9.17, 15) is 13.9 Å². The number of aliphatic hydroxyl groups excluding tert-OH is 1. The highest BCUT2D eigenvalue weighted by Gasteiger charge is 2.14. The first-order chi connectivity index (χ1) is 11.5. The predicted octanol–water partition coefficient (Wildman–Crippen LogP) is 3.42. The highest BCUT2D eigenvalue weighted by atomic mass is 32.1. The van der Waals surface area contributed by atoms with Gasteiger partial charge in [-0.2, -0.15) is 0 Å². The van der Waals surface area contributed by atoms with Crippen LogP contribution in [0, 0.1) is 0 Å². The molecule has 126 valence electrons. The molecule has 0 aliphatic heterocycles. The fourth-order valence-corrected chi connectivity index (χ4v) is 2.90. The Balaban J connectivity index is 2.11. The summed E-state index contributed by atoms with van der Waals surface area (Å²) in [6, 6.07) is 7.38. The number of nitrogens with two attached hydrogens (primary N) is 1. The van der Waals surface area contributed by atoms with Crippen LogP contribution in [0.1, 0.15) is 17.7 Å². The first-order valence-electron chi connectivity index (χ1n) is 7.49. The van der Waals surface area contributed by atoms with Crippen molar-refractivity contribution < 1.29 is 13.9 Å². The number of aliphatic hydroxyl groups is 1. The molecule has 0 atom stereocenters. The van der Waals surface area contributed by atoms with Gasteiger partial charge in [0.25, 0.3) is 0 Å². The van der Waals surface area contributed by atoms with Crippen molar-refractivity contribution in [2.24, 2.45) is 5.73 Å². The maximum absolute atomic E-state index is 12.6. The zero-order chi connectivity index (χ0) is 17.3. The van der Waals surface area contributed by atoms with E-state index in [-0.39, 0.29) is 24.6 Å². The van der Waals surface area contributed by atoms with E-state index in [1.54, 1.807) is 10.8 Å². The summed E-state index contributed by atoms with van der Waals surface area (Å²) < 4.78 is 27.0. The third-order valence-corrected chi connectivity index (χ3v) is 4.20. The summed E-state index contributed by atoms with van der Waals surface area (Å²) in [4.78, 5) is 3.28. The topological polar surface area (TPSA) is 67.0 Å². The number of thiocarbonyl (C=S) groups is 1. The molecular weight excluding hydrogens is 332 g/mol. The third kappa shape index (κ3) is 3.18. The number of hydrogen-bond donors (Lipinski definition) is 3. The van der Waals surface area contributed by atoms with Crippen molar-refractivity contribution in [1.82, 2.24) is 9.55 Å². The Morgan fingerprint density at radius 3 is 2.75 bits per heavy atom. The van der Waals surface area contributed by atoms with E-state index in [2.05, 4.69) is 4.98 Å². The molecule has 0 saturated carbocycles. The molecule has 0 amide bonds.